The van der Waals surface area contributed by atoms with Gasteiger partial charge in [0.15, 0.2) is 6.61 Å². The molecule has 1 amide bonds. The summed E-state index contributed by atoms with van der Waals surface area (Å²) in [4.78, 5) is 11.9. The SMILES string of the molecule is CCc1ccc(OCC(=O)Nc2ccccc2OC)cc1. The fourth-order valence-corrected chi connectivity index (χ4v) is 1.90. The van der Waals surface area contributed by atoms with E-state index in [2.05, 4.69) is 12.2 Å². The number of rotatable bonds is 6. The third kappa shape index (κ3) is 4.24. The van der Waals surface area contributed by atoms with Crippen LogP contribution in [0.1, 0.15) is 12.5 Å². The van der Waals surface area contributed by atoms with Crippen LogP contribution in [0.15, 0.2) is 48.5 Å². The lowest BCUT2D eigenvalue weighted by Crippen LogP contribution is -2.20. The summed E-state index contributed by atoms with van der Waals surface area (Å²) in [5.41, 5.74) is 1.87. The van der Waals surface area contributed by atoms with E-state index >= 15 is 0 Å². The van der Waals surface area contributed by atoms with E-state index in [0.717, 1.165) is 6.42 Å². The van der Waals surface area contributed by atoms with E-state index < -0.39 is 0 Å². The van der Waals surface area contributed by atoms with Gasteiger partial charge in [-0.3, -0.25) is 4.79 Å². The Morgan fingerprint density at radius 3 is 2.48 bits per heavy atom. The number of anilines is 1. The van der Waals surface area contributed by atoms with Crippen LogP contribution in [-0.4, -0.2) is 19.6 Å². The molecule has 0 spiro atoms. The number of ether oxygens (including phenoxy) is 2. The lowest BCUT2D eigenvalue weighted by atomic mass is 10.2. The molecular formula is C17H19NO3. The number of amides is 1. The monoisotopic (exact) mass is 285 g/mol. The van der Waals surface area contributed by atoms with Crippen LogP contribution in [-0.2, 0) is 11.2 Å². The fourth-order valence-electron chi connectivity index (χ4n) is 1.90. The number of methoxy groups -OCH3 is 1. The Morgan fingerprint density at radius 1 is 1.10 bits per heavy atom. The van der Waals surface area contributed by atoms with Crippen molar-refractivity contribution < 1.29 is 14.3 Å². The maximum Gasteiger partial charge on any atom is 0.262 e. The van der Waals surface area contributed by atoms with E-state index in [-0.39, 0.29) is 12.5 Å². The van der Waals surface area contributed by atoms with Crippen LogP contribution in [0.2, 0.25) is 0 Å². The molecule has 0 aliphatic carbocycles. The van der Waals surface area contributed by atoms with Crippen molar-refractivity contribution in [1.82, 2.24) is 0 Å². The third-order valence-electron chi connectivity index (χ3n) is 3.08. The topological polar surface area (TPSA) is 47.6 Å². The molecule has 2 aromatic carbocycles. The van der Waals surface area contributed by atoms with E-state index in [0.29, 0.717) is 17.2 Å². The van der Waals surface area contributed by atoms with E-state index in [9.17, 15) is 4.79 Å². The molecule has 0 fully saturated rings. The molecule has 2 aromatic rings. The van der Waals surface area contributed by atoms with Gasteiger partial charge in [-0.1, -0.05) is 31.2 Å². The molecule has 0 atom stereocenters. The molecule has 0 saturated carbocycles. The van der Waals surface area contributed by atoms with Gasteiger partial charge in [0, 0.05) is 0 Å². The first-order valence-corrected chi connectivity index (χ1v) is 6.87. The molecule has 0 aliphatic rings. The van der Waals surface area contributed by atoms with Crippen molar-refractivity contribution in [2.24, 2.45) is 0 Å². The number of carbonyl (C=O) groups is 1. The highest BCUT2D eigenvalue weighted by atomic mass is 16.5. The van der Waals surface area contributed by atoms with Crippen LogP contribution in [0.4, 0.5) is 5.69 Å². The molecule has 110 valence electrons. The summed E-state index contributed by atoms with van der Waals surface area (Å²) in [5.74, 6) is 1.08. The first-order chi connectivity index (χ1) is 10.2. The van der Waals surface area contributed by atoms with Gasteiger partial charge in [0.1, 0.15) is 11.5 Å². The molecule has 2 rings (SSSR count). The molecule has 0 aliphatic heterocycles. The lowest BCUT2D eigenvalue weighted by Gasteiger charge is -2.10. The van der Waals surface area contributed by atoms with E-state index in [1.165, 1.54) is 5.56 Å². The number of para-hydroxylation sites is 2. The molecule has 0 radical (unpaired) electrons. The minimum Gasteiger partial charge on any atom is -0.495 e. The summed E-state index contributed by atoms with van der Waals surface area (Å²) < 4.78 is 10.6. The van der Waals surface area contributed by atoms with Gasteiger partial charge in [-0.25, -0.2) is 0 Å². The van der Waals surface area contributed by atoms with Gasteiger partial charge in [-0.15, -0.1) is 0 Å². The van der Waals surface area contributed by atoms with Crippen LogP contribution in [0.3, 0.4) is 0 Å². The average Bonchev–Trinajstić information content (AvgIpc) is 2.54. The smallest absolute Gasteiger partial charge is 0.262 e. The van der Waals surface area contributed by atoms with Gasteiger partial charge in [0.2, 0.25) is 0 Å². The minimum atomic E-state index is -0.223. The molecule has 4 heteroatoms. The second-order valence-electron chi connectivity index (χ2n) is 4.53. The Balaban J connectivity index is 1.89. The number of carbonyl (C=O) groups excluding carboxylic acids is 1. The fraction of sp³-hybridized carbons (Fsp3) is 0.235. The maximum atomic E-state index is 11.9. The number of hydrogen-bond donors (Lipinski definition) is 1. The molecule has 0 saturated heterocycles. The normalized spacial score (nSPS) is 10.0. The van der Waals surface area contributed by atoms with Gasteiger partial charge in [0.05, 0.1) is 12.8 Å². The summed E-state index contributed by atoms with van der Waals surface area (Å²) in [6.45, 7) is 2.06. The largest absolute Gasteiger partial charge is 0.495 e. The van der Waals surface area contributed by atoms with Crippen molar-refractivity contribution in [3.8, 4) is 11.5 Å². The van der Waals surface area contributed by atoms with Crippen molar-refractivity contribution in [1.29, 1.82) is 0 Å². The Labute approximate surface area is 124 Å². The zero-order valence-corrected chi connectivity index (χ0v) is 12.3. The summed E-state index contributed by atoms with van der Waals surface area (Å²) in [7, 11) is 1.57. The minimum absolute atomic E-state index is 0.0382. The summed E-state index contributed by atoms with van der Waals surface area (Å²) >= 11 is 0. The number of benzene rings is 2. The molecule has 4 nitrogen and oxygen atoms in total. The maximum absolute atomic E-state index is 11.9. The van der Waals surface area contributed by atoms with Crippen molar-refractivity contribution in [2.45, 2.75) is 13.3 Å². The van der Waals surface area contributed by atoms with E-state index in [1.807, 2.05) is 36.4 Å². The third-order valence-corrected chi connectivity index (χ3v) is 3.08. The first kappa shape index (κ1) is 14.9. The zero-order valence-electron chi connectivity index (χ0n) is 12.3. The predicted octanol–water partition coefficient (Wildman–Crippen LogP) is 3.28. The molecular weight excluding hydrogens is 266 g/mol. The van der Waals surface area contributed by atoms with Crippen LogP contribution in [0.25, 0.3) is 0 Å². The van der Waals surface area contributed by atoms with Crippen LogP contribution in [0, 0.1) is 0 Å². The van der Waals surface area contributed by atoms with E-state index in [4.69, 9.17) is 9.47 Å². The van der Waals surface area contributed by atoms with E-state index in [1.54, 1.807) is 19.2 Å². The van der Waals surface area contributed by atoms with Crippen LogP contribution in [0.5, 0.6) is 11.5 Å². The molecule has 0 bridgehead atoms. The Morgan fingerprint density at radius 2 is 1.81 bits per heavy atom. The second kappa shape index (κ2) is 7.33. The zero-order chi connectivity index (χ0) is 15.1. The highest BCUT2D eigenvalue weighted by molar-refractivity contribution is 5.93. The van der Waals surface area contributed by atoms with Crippen molar-refractivity contribution >= 4 is 11.6 Å². The highest BCUT2D eigenvalue weighted by Crippen LogP contribution is 2.22. The van der Waals surface area contributed by atoms with Crippen molar-refractivity contribution in [3.63, 3.8) is 0 Å². The van der Waals surface area contributed by atoms with Gasteiger partial charge >= 0.3 is 0 Å². The van der Waals surface area contributed by atoms with Crippen molar-refractivity contribution in [2.75, 3.05) is 19.0 Å². The summed E-state index contributed by atoms with van der Waals surface area (Å²) in [6.07, 6.45) is 0.981. The molecule has 0 heterocycles. The number of aryl methyl sites for hydroxylation is 1. The molecule has 21 heavy (non-hydrogen) atoms. The summed E-state index contributed by atoms with van der Waals surface area (Å²) in [6, 6.07) is 15.0. The highest BCUT2D eigenvalue weighted by Gasteiger charge is 2.07. The standard InChI is InChI=1S/C17H19NO3/c1-3-13-8-10-14(11-9-13)21-12-17(19)18-15-6-4-5-7-16(15)20-2/h4-11H,3,12H2,1-2H3,(H,18,19). The molecule has 1 N–H and O–H groups in total. The predicted molar refractivity (Wildman–Crippen MR) is 82.9 cm³/mol. The first-order valence-electron chi connectivity index (χ1n) is 6.87. The summed E-state index contributed by atoms with van der Waals surface area (Å²) in [5, 5.41) is 2.77. The van der Waals surface area contributed by atoms with Crippen LogP contribution < -0.4 is 14.8 Å². The molecule has 0 unspecified atom stereocenters. The van der Waals surface area contributed by atoms with Gasteiger partial charge < -0.3 is 14.8 Å². The van der Waals surface area contributed by atoms with Gasteiger partial charge in [0.25, 0.3) is 5.91 Å². The van der Waals surface area contributed by atoms with Crippen LogP contribution >= 0.6 is 0 Å². The quantitative estimate of drug-likeness (QED) is 0.886. The Hall–Kier alpha value is -2.49. The second-order valence-corrected chi connectivity index (χ2v) is 4.53. The van der Waals surface area contributed by atoms with Gasteiger partial charge in [-0.2, -0.15) is 0 Å². The van der Waals surface area contributed by atoms with Crippen molar-refractivity contribution in [3.05, 3.63) is 54.1 Å². The molecule has 0 aromatic heterocycles. The Bertz CT molecular complexity index is 593. The average molecular weight is 285 g/mol. The Kier molecular flexibility index (Phi) is 5.21. The number of hydrogen-bond acceptors (Lipinski definition) is 3. The van der Waals surface area contributed by atoms with Gasteiger partial charge in [-0.05, 0) is 36.2 Å². The lowest BCUT2D eigenvalue weighted by molar-refractivity contribution is -0.118. The number of nitrogens with one attached hydrogen (secondary N) is 1.